The molecule has 0 aromatic heterocycles. The summed E-state index contributed by atoms with van der Waals surface area (Å²) < 4.78 is 33.6. The van der Waals surface area contributed by atoms with Crippen molar-refractivity contribution in [3.8, 4) is 11.1 Å². The molecule has 1 saturated heterocycles. The fraction of sp³-hybridized carbons (Fsp3) is 0.240. The predicted molar refractivity (Wildman–Crippen MR) is 125 cm³/mol. The molecule has 2 N–H and O–H groups in total. The third-order valence-corrected chi connectivity index (χ3v) is 6.83. The van der Waals surface area contributed by atoms with Crippen molar-refractivity contribution in [1.82, 2.24) is 5.32 Å². The fourth-order valence-electron chi connectivity index (χ4n) is 3.67. The Kier molecular flexibility index (Phi) is 6.58. The molecule has 0 bridgehead atoms. The summed E-state index contributed by atoms with van der Waals surface area (Å²) in [6.07, 6.45) is 2.04. The van der Waals surface area contributed by atoms with Crippen LogP contribution in [-0.2, 0) is 14.8 Å². The molecule has 4 rings (SSSR count). The van der Waals surface area contributed by atoms with Gasteiger partial charge in [0.1, 0.15) is 0 Å². The summed E-state index contributed by atoms with van der Waals surface area (Å²) >= 11 is 0. The molecule has 1 fully saturated rings. The Morgan fingerprint density at radius 3 is 2.41 bits per heavy atom. The average Bonchev–Trinajstić information content (AvgIpc) is 3.32. The third-order valence-electron chi connectivity index (χ3n) is 5.43. The van der Waals surface area contributed by atoms with E-state index in [0.29, 0.717) is 17.8 Å². The number of hydrogen-bond acceptors (Lipinski definition) is 4. The van der Waals surface area contributed by atoms with Crippen LogP contribution in [0.3, 0.4) is 0 Å². The van der Waals surface area contributed by atoms with Crippen LogP contribution < -0.4 is 10.0 Å². The Hall–Kier alpha value is -3.16. The van der Waals surface area contributed by atoms with Gasteiger partial charge in [-0.1, -0.05) is 42.0 Å². The maximum atomic E-state index is 12.8. The van der Waals surface area contributed by atoms with E-state index < -0.39 is 10.0 Å². The predicted octanol–water partition coefficient (Wildman–Crippen LogP) is 4.37. The van der Waals surface area contributed by atoms with Crippen molar-refractivity contribution in [2.45, 2.75) is 30.8 Å². The van der Waals surface area contributed by atoms with Gasteiger partial charge in [-0.25, -0.2) is 8.42 Å². The first kappa shape index (κ1) is 22.0. The van der Waals surface area contributed by atoms with E-state index in [1.807, 2.05) is 25.1 Å². The van der Waals surface area contributed by atoms with Crippen molar-refractivity contribution in [3.05, 3.63) is 83.9 Å². The molecule has 0 saturated carbocycles. The van der Waals surface area contributed by atoms with E-state index in [4.69, 9.17) is 4.74 Å². The minimum Gasteiger partial charge on any atom is -0.376 e. The Morgan fingerprint density at radius 1 is 1.00 bits per heavy atom. The number of carbonyl (C=O) groups is 1. The van der Waals surface area contributed by atoms with Crippen molar-refractivity contribution in [1.29, 1.82) is 0 Å². The first-order valence-electron chi connectivity index (χ1n) is 10.6. The van der Waals surface area contributed by atoms with Crippen LogP contribution in [0.15, 0.2) is 77.7 Å². The van der Waals surface area contributed by atoms with Gasteiger partial charge in [0.15, 0.2) is 0 Å². The van der Waals surface area contributed by atoms with Gasteiger partial charge in [0.25, 0.3) is 15.9 Å². The van der Waals surface area contributed by atoms with Crippen LogP contribution in [0.1, 0.15) is 28.8 Å². The van der Waals surface area contributed by atoms with Crippen LogP contribution in [-0.4, -0.2) is 33.6 Å². The minimum atomic E-state index is -3.74. The molecule has 1 heterocycles. The van der Waals surface area contributed by atoms with Gasteiger partial charge < -0.3 is 10.1 Å². The molecular formula is C25H26N2O4S. The second-order valence-electron chi connectivity index (χ2n) is 7.92. The SMILES string of the molecule is Cc1cccc(-c2ccc(S(=O)(=O)Nc3ccc(C(=O)NCC4CCCO4)cc3)cc2)c1. The number of aryl methyl sites for hydroxylation is 1. The van der Waals surface area contributed by atoms with E-state index in [0.717, 1.165) is 36.1 Å². The summed E-state index contributed by atoms with van der Waals surface area (Å²) in [6, 6.07) is 21.2. The highest BCUT2D eigenvalue weighted by Crippen LogP contribution is 2.23. The molecule has 32 heavy (non-hydrogen) atoms. The van der Waals surface area contributed by atoms with Crippen molar-refractivity contribution in [3.63, 3.8) is 0 Å². The number of anilines is 1. The van der Waals surface area contributed by atoms with Gasteiger partial charge in [0.2, 0.25) is 0 Å². The molecule has 1 aliphatic rings. The van der Waals surface area contributed by atoms with Crippen LogP contribution in [0.25, 0.3) is 11.1 Å². The van der Waals surface area contributed by atoms with Gasteiger partial charge in [-0.3, -0.25) is 9.52 Å². The zero-order valence-corrected chi connectivity index (χ0v) is 18.7. The van der Waals surface area contributed by atoms with E-state index in [1.165, 1.54) is 0 Å². The second-order valence-corrected chi connectivity index (χ2v) is 9.60. The number of hydrogen-bond donors (Lipinski definition) is 2. The lowest BCUT2D eigenvalue weighted by Crippen LogP contribution is -2.31. The summed E-state index contributed by atoms with van der Waals surface area (Å²) in [5, 5.41) is 2.85. The third kappa shape index (κ3) is 5.36. The summed E-state index contributed by atoms with van der Waals surface area (Å²) in [6.45, 7) is 3.24. The monoisotopic (exact) mass is 450 g/mol. The van der Waals surface area contributed by atoms with Gasteiger partial charge in [-0.15, -0.1) is 0 Å². The zero-order valence-electron chi connectivity index (χ0n) is 17.9. The molecule has 1 unspecified atom stereocenters. The summed E-state index contributed by atoms with van der Waals surface area (Å²) in [7, 11) is -3.74. The molecule has 0 aliphatic carbocycles. The van der Waals surface area contributed by atoms with Crippen LogP contribution in [0.2, 0.25) is 0 Å². The Labute approximate surface area is 188 Å². The quantitative estimate of drug-likeness (QED) is 0.560. The smallest absolute Gasteiger partial charge is 0.261 e. The number of benzene rings is 3. The van der Waals surface area contributed by atoms with E-state index in [2.05, 4.69) is 16.1 Å². The Balaban J connectivity index is 1.40. The average molecular weight is 451 g/mol. The molecular weight excluding hydrogens is 424 g/mol. The maximum Gasteiger partial charge on any atom is 0.261 e. The van der Waals surface area contributed by atoms with Gasteiger partial charge in [-0.2, -0.15) is 0 Å². The highest BCUT2D eigenvalue weighted by Gasteiger charge is 2.17. The molecule has 1 atom stereocenters. The Bertz CT molecular complexity index is 1180. The van der Waals surface area contributed by atoms with Crippen LogP contribution in [0, 0.1) is 6.92 Å². The zero-order chi connectivity index (χ0) is 22.6. The lowest BCUT2D eigenvalue weighted by molar-refractivity contribution is 0.0858. The van der Waals surface area contributed by atoms with Crippen LogP contribution in [0.4, 0.5) is 5.69 Å². The lowest BCUT2D eigenvalue weighted by atomic mass is 10.0. The first-order chi connectivity index (χ1) is 15.4. The highest BCUT2D eigenvalue weighted by molar-refractivity contribution is 7.92. The summed E-state index contributed by atoms with van der Waals surface area (Å²) in [4.78, 5) is 12.5. The van der Waals surface area contributed by atoms with E-state index in [-0.39, 0.29) is 16.9 Å². The molecule has 6 nitrogen and oxygen atoms in total. The maximum absolute atomic E-state index is 12.8. The number of amides is 1. The molecule has 1 aliphatic heterocycles. The summed E-state index contributed by atoms with van der Waals surface area (Å²) in [5.74, 6) is -0.207. The van der Waals surface area contributed by atoms with Crippen molar-refractivity contribution in [2.75, 3.05) is 17.9 Å². The number of rotatable bonds is 7. The van der Waals surface area contributed by atoms with Gasteiger partial charge in [-0.05, 0) is 67.3 Å². The fourth-order valence-corrected chi connectivity index (χ4v) is 4.73. The van der Waals surface area contributed by atoms with Crippen molar-refractivity contribution in [2.24, 2.45) is 0 Å². The van der Waals surface area contributed by atoms with Crippen LogP contribution in [0.5, 0.6) is 0 Å². The number of nitrogens with one attached hydrogen (secondary N) is 2. The number of ether oxygens (including phenoxy) is 1. The normalized spacial score (nSPS) is 16.0. The van der Waals surface area contributed by atoms with Gasteiger partial charge in [0.05, 0.1) is 11.0 Å². The molecule has 1 amide bonds. The van der Waals surface area contributed by atoms with Crippen LogP contribution >= 0.6 is 0 Å². The second kappa shape index (κ2) is 9.54. The topological polar surface area (TPSA) is 84.5 Å². The summed E-state index contributed by atoms with van der Waals surface area (Å²) in [5.41, 5.74) is 3.99. The first-order valence-corrected chi connectivity index (χ1v) is 12.1. The molecule has 0 radical (unpaired) electrons. The lowest BCUT2D eigenvalue weighted by Gasteiger charge is -2.12. The number of sulfonamides is 1. The molecule has 7 heteroatoms. The largest absolute Gasteiger partial charge is 0.376 e. The van der Waals surface area contributed by atoms with Crippen molar-refractivity contribution >= 4 is 21.6 Å². The molecule has 0 spiro atoms. The van der Waals surface area contributed by atoms with Crippen molar-refractivity contribution < 1.29 is 17.9 Å². The molecule has 3 aromatic rings. The van der Waals surface area contributed by atoms with E-state index in [9.17, 15) is 13.2 Å². The Morgan fingerprint density at radius 2 is 1.75 bits per heavy atom. The molecule has 166 valence electrons. The van der Waals surface area contributed by atoms with E-state index in [1.54, 1.807) is 48.5 Å². The molecule has 3 aromatic carbocycles. The van der Waals surface area contributed by atoms with Gasteiger partial charge in [0, 0.05) is 24.4 Å². The number of carbonyl (C=O) groups excluding carboxylic acids is 1. The highest BCUT2D eigenvalue weighted by atomic mass is 32.2. The standard InChI is InChI=1S/C25H26N2O4S/c1-18-4-2-5-21(16-18)19-9-13-24(14-10-19)32(29,30)27-22-11-7-20(8-12-22)25(28)26-17-23-6-3-15-31-23/h2,4-5,7-14,16,23,27H,3,6,15,17H2,1H3,(H,26,28). The minimum absolute atomic E-state index is 0.0716. The van der Waals surface area contributed by atoms with Gasteiger partial charge >= 0.3 is 0 Å². The van der Waals surface area contributed by atoms with E-state index >= 15 is 0 Å².